The van der Waals surface area contributed by atoms with Gasteiger partial charge in [-0.05, 0) is 18.9 Å². The zero-order valence-electron chi connectivity index (χ0n) is 15.9. The fourth-order valence-corrected chi connectivity index (χ4v) is 3.47. The first-order chi connectivity index (χ1) is 12.7. The Hall–Kier alpha value is -2.02. The highest BCUT2D eigenvalue weighted by Gasteiger charge is 2.25. The fourth-order valence-electron chi connectivity index (χ4n) is 1.90. The molecule has 0 aliphatic carbocycles. The standard InChI is InChI=1S/C14H20N4O3P.C2H6.CH2O/c1-3-20-22(19,21-4-2)10-9-18-8-5-13(11-17-18)14-12-15-6-7-16-14;2*1-2/h5-8,11-12H,3-4,9-10H2,1-2H3;1-2H3;1H2/q+1;;. The second-order valence-corrected chi connectivity index (χ2v) is 6.62. The third-order valence-electron chi connectivity index (χ3n) is 2.88. The minimum absolute atomic E-state index is 0.289. The van der Waals surface area contributed by atoms with E-state index in [0.717, 1.165) is 11.3 Å². The van der Waals surface area contributed by atoms with Crippen molar-refractivity contribution in [1.82, 2.24) is 15.1 Å². The van der Waals surface area contributed by atoms with E-state index in [-0.39, 0.29) is 6.16 Å². The highest BCUT2D eigenvalue weighted by Crippen LogP contribution is 2.47. The average molecular weight is 383 g/mol. The van der Waals surface area contributed by atoms with Crippen LogP contribution in [0.25, 0.3) is 11.3 Å². The molecular formula is C17H28N4O4P+. The Morgan fingerprint density at radius 2 is 1.77 bits per heavy atom. The summed E-state index contributed by atoms with van der Waals surface area (Å²) in [6.07, 6.45) is 8.75. The first-order valence-electron chi connectivity index (χ1n) is 8.46. The molecule has 2 aromatic rings. The Labute approximate surface area is 155 Å². The van der Waals surface area contributed by atoms with Crippen LogP contribution in [0.4, 0.5) is 0 Å². The molecule has 0 fully saturated rings. The van der Waals surface area contributed by atoms with Crippen LogP contribution in [0.1, 0.15) is 27.7 Å². The van der Waals surface area contributed by atoms with Gasteiger partial charge in [-0.3, -0.25) is 14.5 Å². The van der Waals surface area contributed by atoms with Gasteiger partial charge < -0.3 is 13.8 Å². The molecule has 9 heteroatoms. The lowest BCUT2D eigenvalue weighted by Gasteiger charge is -2.14. The van der Waals surface area contributed by atoms with Crippen molar-refractivity contribution in [3.8, 4) is 11.3 Å². The van der Waals surface area contributed by atoms with Crippen molar-refractivity contribution in [2.75, 3.05) is 19.4 Å². The Kier molecular flexibility index (Phi) is 13.1. The van der Waals surface area contributed by atoms with Crippen molar-refractivity contribution in [2.45, 2.75) is 34.2 Å². The van der Waals surface area contributed by atoms with E-state index in [2.05, 4.69) is 15.1 Å². The molecule has 0 spiro atoms. The molecule has 0 aliphatic heterocycles. The molecule has 144 valence electrons. The predicted octanol–water partition coefficient (Wildman–Crippen LogP) is 2.93. The van der Waals surface area contributed by atoms with E-state index in [4.69, 9.17) is 13.8 Å². The summed E-state index contributed by atoms with van der Waals surface area (Å²) in [5, 5.41) is 4.30. The van der Waals surface area contributed by atoms with Crippen molar-refractivity contribution >= 4 is 14.4 Å². The van der Waals surface area contributed by atoms with Gasteiger partial charge in [-0.1, -0.05) is 18.5 Å². The summed E-state index contributed by atoms with van der Waals surface area (Å²) in [6, 6.07) is 1.89. The van der Waals surface area contributed by atoms with Crippen LogP contribution < -0.4 is 4.68 Å². The first-order valence-corrected chi connectivity index (χ1v) is 10.2. The summed E-state index contributed by atoms with van der Waals surface area (Å²) in [6.45, 7) is 10.8. The lowest BCUT2D eigenvalue weighted by Crippen LogP contribution is -2.39. The van der Waals surface area contributed by atoms with Gasteiger partial charge in [0.1, 0.15) is 19.1 Å². The van der Waals surface area contributed by atoms with Crippen LogP contribution in [0.2, 0.25) is 0 Å². The lowest BCUT2D eigenvalue weighted by atomic mass is 10.2. The summed E-state index contributed by atoms with van der Waals surface area (Å²) >= 11 is 0. The zero-order chi connectivity index (χ0) is 19.8. The molecule has 26 heavy (non-hydrogen) atoms. The first kappa shape index (κ1) is 24.0. The van der Waals surface area contributed by atoms with E-state index in [9.17, 15) is 4.57 Å². The van der Waals surface area contributed by atoms with Crippen LogP contribution in [0, 0.1) is 0 Å². The zero-order valence-corrected chi connectivity index (χ0v) is 16.8. The average Bonchev–Trinajstić information content (AvgIpc) is 2.71. The molecule has 0 unspecified atom stereocenters. The van der Waals surface area contributed by atoms with Crippen LogP contribution in [-0.2, 0) is 25.0 Å². The van der Waals surface area contributed by atoms with Gasteiger partial charge in [0.15, 0.2) is 12.7 Å². The molecule has 0 aromatic carbocycles. The molecule has 0 N–H and O–H groups in total. The molecule has 0 saturated carbocycles. The van der Waals surface area contributed by atoms with E-state index >= 15 is 0 Å². The van der Waals surface area contributed by atoms with Crippen LogP contribution in [0.15, 0.2) is 37.1 Å². The highest BCUT2D eigenvalue weighted by molar-refractivity contribution is 7.53. The summed E-state index contributed by atoms with van der Waals surface area (Å²) in [7, 11) is -3.04. The monoisotopic (exact) mass is 383 g/mol. The minimum Gasteiger partial charge on any atom is -0.309 e. The van der Waals surface area contributed by atoms with Gasteiger partial charge in [-0.25, -0.2) is 0 Å². The molecule has 0 atom stereocenters. The Bertz CT molecular complexity index is 631. The maximum atomic E-state index is 12.4. The number of nitrogens with zero attached hydrogens (tertiary/aromatic N) is 4. The van der Waals surface area contributed by atoms with Gasteiger partial charge in [0.2, 0.25) is 0 Å². The lowest BCUT2D eigenvalue weighted by molar-refractivity contribution is -0.750. The minimum atomic E-state index is -3.04. The van der Waals surface area contributed by atoms with Crippen molar-refractivity contribution in [2.24, 2.45) is 0 Å². The number of aromatic nitrogens is 4. The second kappa shape index (κ2) is 14.2. The van der Waals surface area contributed by atoms with Crippen molar-refractivity contribution in [3.05, 3.63) is 37.1 Å². The molecule has 0 radical (unpaired) electrons. The van der Waals surface area contributed by atoms with Crippen molar-refractivity contribution in [3.63, 3.8) is 0 Å². The number of carbonyl (C=O) groups excluding carboxylic acids is 1. The molecule has 8 nitrogen and oxygen atoms in total. The fraction of sp³-hybridized carbons (Fsp3) is 0.471. The maximum Gasteiger partial charge on any atom is 0.337 e. The van der Waals surface area contributed by atoms with Crippen molar-refractivity contribution in [1.29, 1.82) is 0 Å². The van der Waals surface area contributed by atoms with Gasteiger partial charge >= 0.3 is 7.60 Å². The summed E-state index contributed by atoms with van der Waals surface area (Å²) in [5.41, 5.74) is 1.64. The number of hydrogen-bond acceptors (Lipinski definition) is 7. The topological polar surface area (TPSA) is 95.2 Å². The largest absolute Gasteiger partial charge is 0.337 e. The van der Waals surface area contributed by atoms with Gasteiger partial charge in [0.25, 0.3) is 0 Å². The van der Waals surface area contributed by atoms with Gasteiger partial charge in [-0.15, -0.1) is 0 Å². The third-order valence-corrected chi connectivity index (χ3v) is 4.94. The highest BCUT2D eigenvalue weighted by atomic mass is 31.2. The predicted molar refractivity (Wildman–Crippen MR) is 99.7 cm³/mol. The number of rotatable bonds is 8. The van der Waals surface area contributed by atoms with Crippen LogP contribution in [0.5, 0.6) is 0 Å². The van der Waals surface area contributed by atoms with Crippen LogP contribution in [-0.4, -0.2) is 41.2 Å². The van der Waals surface area contributed by atoms with E-state index in [1.54, 1.807) is 43.3 Å². The molecule has 0 aliphatic rings. The Morgan fingerprint density at radius 3 is 2.23 bits per heavy atom. The molecule has 0 bridgehead atoms. The van der Waals surface area contributed by atoms with E-state index < -0.39 is 7.60 Å². The summed E-state index contributed by atoms with van der Waals surface area (Å²) in [5.74, 6) is 0. The third kappa shape index (κ3) is 8.38. The van der Waals surface area contributed by atoms with Crippen LogP contribution >= 0.6 is 7.60 Å². The summed E-state index contributed by atoms with van der Waals surface area (Å²) < 4.78 is 24.6. The van der Waals surface area contributed by atoms with Gasteiger partial charge in [0.05, 0.1) is 25.1 Å². The quantitative estimate of drug-likeness (QED) is 0.511. The smallest absolute Gasteiger partial charge is 0.309 e. The number of carbonyl (C=O) groups is 1. The van der Waals surface area contributed by atoms with E-state index in [1.807, 2.05) is 32.9 Å². The SMILES string of the molecule is C=O.CC.CCOP(=O)(CC[n+]1ccc(-c2cnccn2)cn1)OCC. The Morgan fingerprint density at radius 1 is 1.12 bits per heavy atom. The van der Waals surface area contributed by atoms with E-state index in [0.29, 0.717) is 19.8 Å². The maximum absolute atomic E-state index is 12.4. The van der Waals surface area contributed by atoms with Crippen LogP contribution in [0.3, 0.4) is 0 Å². The molecule has 2 rings (SSSR count). The van der Waals surface area contributed by atoms with E-state index in [1.165, 1.54) is 0 Å². The second-order valence-electron chi connectivity index (χ2n) is 4.44. The normalized spacial score (nSPS) is 10.2. The molecular weight excluding hydrogens is 355 g/mol. The summed E-state index contributed by atoms with van der Waals surface area (Å²) in [4.78, 5) is 16.2. The molecule has 2 heterocycles. The van der Waals surface area contributed by atoms with Gasteiger partial charge in [-0.2, -0.15) is 0 Å². The Balaban J connectivity index is 0.00000146. The number of hydrogen-bond donors (Lipinski definition) is 0. The van der Waals surface area contributed by atoms with Crippen molar-refractivity contribution < 1.29 is 23.1 Å². The molecule has 2 aromatic heterocycles. The molecule has 0 amide bonds. The van der Waals surface area contributed by atoms with Gasteiger partial charge in [0, 0.05) is 24.0 Å². The molecule has 0 saturated heterocycles. The number of aryl methyl sites for hydroxylation is 1.